The lowest BCUT2D eigenvalue weighted by Gasteiger charge is -2.21. The van der Waals surface area contributed by atoms with Crippen molar-refractivity contribution in [2.24, 2.45) is 0 Å². The fourth-order valence-corrected chi connectivity index (χ4v) is 3.16. The van der Waals surface area contributed by atoms with Crippen LogP contribution in [0, 0.1) is 6.92 Å². The van der Waals surface area contributed by atoms with E-state index in [4.69, 9.17) is 4.42 Å². The third-order valence-electron chi connectivity index (χ3n) is 4.95. The SMILES string of the molecule is CCN(Cc1ccc(C(=O)N(C)C)cc1)C(=O)Cc1nc(-c2ccccc2)oc1C. The van der Waals surface area contributed by atoms with Crippen LogP contribution < -0.4 is 0 Å². The van der Waals surface area contributed by atoms with Crippen LogP contribution in [0.25, 0.3) is 11.5 Å². The second kappa shape index (κ2) is 9.39. The zero-order valence-electron chi connectivity index (χ0n) is 17.9. The van der Waals surface area contributed by atoms with Gasteiger partial charge in [0.25, 0.3) is 5.91 Å². The van der Waals surface area contributed by atoms with Crippen LogP contribution in [0.15, 0.2) is 59.0 Å². The minimum absolute atomic E-state index is 0.0121. The minimum Gasteiger partial charge on any atom is -0.441 e. The lowest BCUT2D eigenvalue weighted by molar-refractivity contribution is -0.130. The monoisotopic (exact) mass is 405 g/mol. The number of rotatable bonds is 7. The van der Waals surface area contributed by atoms with E-state index in [1.165, 1.54) is 0 Å². The maximum Gasteiger partial charge on any atom is 0.253 e. The highest BCUT2D eigenvalue weighted by molar-refractivity contribution is 5.93. The zero-order chi connectivity index (χ0) is 21.7. The van der Waals surface area contributed by atoms with Gasteiger partial charge in [0.15, 0.2) is 0 Å². The summed E-state index contributed by atoms with van der Waals surface area (Å²) < 4.78 is 5.77. The molecule has 2 aromatic carbocycles. The average molecular weight is 405 g/mol. The van der Waals surface area contributed by atoms with E-state index in [0.717, 1.165) is 11.1 Å². The molecule has 0 bridgehead atoms. The molecule has 3 rings (SSSR count). The maximum absolute atomic E-state index is 12.9. The van der Waals surface area contributed by atoms with E-state index in [1.807, 2.05) is 56.3 Å². The summed E-state index contributed by atoms with van der Waals surface area (Å²) in [6.45, 7) is 4.85. The number of carbonyl (C=O) groups is 2. The van der Waals surface area contributed by atoms with Gasteiger partial charge in [-0.3, -0.25) is 9.59 Å². The van der Waals surface area contributed by atoms with Crippen LogP contribution >= 0.6 is 0 Å². The Morgan fingerprint density at radius 1 is 1.00 bits per heavy atom. The summed E-state index contributed by atoms with van der Waals surface area (Å²) in [6.07, 6.45) is 0.188. The molecule has 1 heterocycles. The van der Waals surface area contributed by atoms with Crippen LogP contribution in [-0.4, -0.2) is 47.2 Å². The van der Waals surface area contributed by atoms with Gasteiger partial charge < -0.3 is 14.2 Å². The number of oxazole rings is 1. The molecule has 6 nitrogen and oxygen atoms in total. The first-order valence-electron chi connectivity index (χ1n) is 9.99. The second-order valence-corrected chi connectivity index (χ2v) is 7.37. The number of aromatic nitrogens is 1. The van der Waals surface area contributed by atoms with Gasteiger partial charge in [-0.15, -0.1) is 0 Å². The number of hydrogen-bond acceptors (Lipinski definition) is 4. The maximum atomic E-state index is 12.9. The second-order valence-electron chi connectivity index (χ2n) is 7.37. The summed E-state index contributed by atoms with van der Waals surface area (Å²) in [7, 11) is 3.45. The van der Waals surface area contributed by atoms with Gasteiger partial charge >= 0.3 is 0 Å². The first-order valence-corrected chi connectivity index (χ1v) is 9.99. The van der Waals surface area contributed by atoms with Crippen LogP contribution in [0.3, 0.4) is 0 Å². The van der Waals surface area contributed by atoms with Gasteiger partial charge in [0.05, 0.1) is 12.1 Å². The molecule has 3 aromatic rings. The van der Waals surface area contributed by atoms with Gasteiger partial charge in [0.1, 0.15) is 5.76 Å². The van der Waals surface area contributed by atoms with Crippen molar-refractivity contribution in [3.8, 4) is 11.5 Å². The van der Waals surface area contributed by atoms with Crippen molar-refractivity contribution in [2.45, 2.75) is 26.8 Å². The highest BCUT2D eigenvalue weighted by Gasteiger charge is 2.19. The molecule has 6 heteroatoms. The molecule has 0 aliphatic heterocycles. The quantitative estimate of drug-likeness (QED) is 0.597. The molecule has 0 unspecified atom stereocenters. The van der Waals surface area contributed by atoms with E-state index in [2.05, 4.69) is 4.98 Å². The molecule has 156 valence electrons. The van der Waals surface area contributed by atoms with Crippen molar-refractivity contribution in [1.29, 1.82) is 0 Å². The molecule has 0 saturated carbocycles. The summed E-state index contributed by atoms with van der Waals surface area (Å²) in [5, 5.41) is 0. The topological polar surface area (TPSA) is 66.7 Å². The van der Waals surface area contributed by atoms with Crippen molar-refractivity contribution < 1.29 is 14.0 Å². The first-order chi connectivity index (χ1) is 14.4. The molecule has 0 aliphatic carbocycles. The Hall–Kier alpha value is -3.41. The summed E-state index contributed by atoms with van der Waals surface area (Å²) in [4.78, 5) is 32.8. The third-order valence-corrected chi connectivity index (χ3v) is 4.95. The smallest absolute Gasteiger partial charge is 0.253 e. The molecule has 0 N–H and O–H groups in total. The van der Waals surface area contributed by atoms with Crippen molar-refractivity contribution >= 4 is 11.8 Å². The Kier molecular flexibility index (Phi) is 6.67. The van der Waals surface area contributed by atoms with Crippen molar-refractivity contribution in [3.05, 3.63) is 77.2 Å². The highest BCUT2D eigenvalue weighted by Crippen LogP contribution is 2.22. The number of nitrogens with zero attached hydrogens (tertiary/aromatic N) is 3. The van der Waals surface area contributed by atoms with Gasteiger partial charge in [0.2, 0.25) is 11.8 Å². The van der Waals surface area contributed by atoms with Crippen molar-refractivity contribution in [3.63, 3.8) is 0 Å². The van der Waals surface area contributed by atoms with E-state index < -0.39 is 0 Å². The summed E-state index contributed by atoms with van der Waals surface area (Å²) in [5.41, 5.74) is 3.15. The molecule has 0 fully saturated rings. The molecule has 0 radical (unpaired) electrons. The van der Waals surface area contributed by atoms with Crippen LogP contribution in [0.2, 0.25) is 0 Å². The van der Waals surface area contributed by atoms with E-state index in [1.54, 1.807) is 36.0 Å². The molecule has 0 saturated heterocycles. The minimum atomic E-state index is -0.0410. The Labute approximate surface area is 177 Å². The zero-order valence-corrected chi connectivity index (χ0v) is 17.9. The molecular weight excluding hydrogens is 378 g/mol. The number of benzene rings is 2. The molecule has 1 aromatic heterocycles. The largest absolute Gasteiger partial charge is 0.441 e. The molecule has 30 heavy (non-hydrogen) atoms. The van der Waals surface area contributed by atoms with Gasteiger partial charge in [0, 0.05) is 38.3 Å². The predicted octanol–water partition coefficient (Wildman–Crippen LogP) is 3.94. The number of hydrogen-bond donors (Lipinski definition) is 0. The third kappa shape index (κ3) is 4.95. The Morgan fingerprint density at radius 3 is 2.27 bits per heavy atom. The fourth-order valence-electron chi connectivity index (χ4n) is 3.16. The highest BCUT2D eigenvalue weighted by atomic mass is 16.4. The van der Waals surface area contributed by atoms with Crippen LogP contribution in [0.4, 0.5) is 0 Å². The molecule has 0 aliphatic rings. The van der Waals surface area contributed by atoms with Crippen molar-refractivity contribution in [1.82, 2.24) is 14.8 Å². The lowest BCUT2D eigenvalue weighted by atomic mass is 10.1. The lowest BCUT2D eigenvalue weighted by Crippen LogP contribution is -2.32. The Bertz CT molecular complexity index is 1010. The Morgan fingerprint density at radius 2 is 1.67 bits per heavy atom. The van der Waals surface area contributed by atoms with Crippen LogP contribution in [0.5, 0.6) is 0 Å². The molecular formula is C24H27N3O3. The van der Waals surface area contributed by atoms with E-state index in [0.29, 0.717) is 36.0 Å². The Balaban J connectivity index is 1.68. The van der Waals surface area contributed by atoms with E-state index in [-0.39, 0.29) is 18.2 Å². The summed E-state index contributed by atoms with van der Waals surface area (Å²) >= 11 is 0. The van der Waals surface area contributed by atoms with Gasteiger partial charge in [-0.25, -0.2) is 4.98 Å². The summed E-state index contributed by atoms with van der Waals surface area (Å²) in [5.74, 6) is 1.13. The van der Waals surface area contributed by atoms with Gasteiger partial charge in [-0.2, -0.15) is 0 Å². The predicted molar refractivity (Wildman–Crippen MR) is 116 cm³/mol. The number of amides is 2. The van der Waals surface area contributed by atoms with E-state index in [9.17, 15) is 9.59 Å². The molecule has 0 spiro atoms. The van der Waals surface area contributed by atoms with E-state index >= 15 is 0 Å². The number of likely N-dealkylation sites (N-methyl/N-ethyl adjacent to an activating group) is 1. The molecule has 0 atom stereocenters. The number of carbonyl (C=O) groups excluding carboxylic acids is 2. The average Bonchev–Trinajstić information content (AvgIpc) is 3.12. The van der Waals surface area contributed by atoms with Crippen LogP contribution in [-0.2, 0) is 17.8 Å². The number of aryl methyl sites for hydroxylation is 1. The standard InChI is InChI=1S/C24H27N3O3/c1-5-27(16-18-11-13-20(14-12-18)24(29)26(3)4)22(28)15-21-17(2)30-23(25-21)19-9-7-6-8-10-19/h6-14H,5,15-16H2,1-4H3. The van der Waals surface area contributed by atoms with Crippen LogP contribution in [0.1, 0.15) is 34.3 Å². The fraction of sp³-hybridized carbons (Fsp3) is 0.292. The van der Waals surface area contributed by atoms with Gasteiger partial charge in [-0.05, 0) is 43.7 Å². The molecule has 2 amide bonds. The first kappa shape index (κ1) is 21.3. The van der Waals surface area contributed by atoms with Gasteiger partial charge in [-0.1, -0.05) is 30.3 Å². The normalized spacial score (nSPS) is 10.7. The van der Waals surface area contributed by atoms with Crippen molar-refractivity contribution in [2.75, 3.05) is 20.6 Å². The summed E-state index contributed by atoms with van der Waals surface area (Å²) in [6, 6.07) is 17.0.